The fraction of sp³-hybridized carbons (Fsp3) is 0.588. The molecule has 0 radical (unpaired) electrons. The van der Waals surface area contributed by atoms with Gasteiger partial charge in [0.15, 0.2) is 6.61 Å². The summed E-state index contributed by atoms with van der Waals surface area (Å²) in [7, 11) is 0. The molecule has 0 saturated carbocycles. The topological polar surface area (TPSA) is 64.3 Å². The smallest absolute Gasteiger partial charge is 0.258 e. The van der Waals surface area contributed by atoms with E-state index >= 15 is 0 Å². The van der Waals surface area contributed by atoms with Crippen LogP contribution < -0.4 is 15.8 Å². The SMILES string of the molecule is CCC(CC)NC(=O)COc1ccc2c(c1)[C@H](N)CCC2. The standard InChI is InChI=1S/C17H26N2O2/c1-3-13(4-2)19-17(20)11-21-14-9-8-12-6-5-7-16(18)15(12)10-14/h8-10,13,16H,3-7,11,18H2,1-2H3,(H,19,20)/t16-/m1/s1. The highest BCUT2D eigenvalue weighted by Crippen LogP contribution is 2.30. The van der Waals surface area contributed by atoms with Crippen molar-refractivity contribution in [3.05, 3.63) is 29.3 Å². The fourth-order valence-corrected chi connectivity index (χ4v) is 2.81. The molecule has 0 aliphatic heterocycles. The van der Waals surface area contributed by atoms with E-state index in [-0.39, 0.29) is 24.6 Å². The maximum Gasteiger partial charge on any atom is 0.258 e. The van der Waals surface area contributed by atoms with E-state index in [0.717, 1.165) is 37.9 Å². The van der Waals surface area contributed by atoms with Crippen molar-refractivity contribution in [1.29, 1.82) is 0 Å². The number of nitrogens with one attached hydrogen (secondary N) is 1. The molecule has 1 amide bonds. The molecule has 21 heavy (non-hydrogen) atoms. The van der Waals surface area contributed by atoms with Crippen LogP contribution in [0.2, 0.25) is 0 Å². The Morgan fingerprint density at radius 2 is 2.19 bits per heavy atom. The van der Waals surface area contributed by atoms with Crippen LogP contribution in [-0.4, -0.2) is 18.6 Å². The van der Waals surface area contributed by atoms with E-state index in [2.05, 4.69) is 25.2 Å². The first-order valence-corrected chi connectivity index (χ1v) is 7.94. The van der Waals surface area contributed by atoms with Crippen LogP contribution in [0.1, 0.15) is 56.7 Å². The summed E-state index contributed by atoms with van der Waals surface area (Å²) in [6, 6.07) is 6.32. The van der Waals surface area contributed by atoms with Crippen molar-refractivity contribution in [3.8, 4) is 5.75 Å². The van der Waals surface area contributed by atoms with E-state index < -0.39 is 0 Å². The molecule has 0 bridgehead atoms. The van der Waals surface area contributed by atoms with E-state index in [9.17, 15) is 4.79 Å². The Labute approximate surface area is 127 Å². The van der Waals surface area contributed by atoms with Gasteiger partial charge in [-0.15, -0.1) is 0 Å². The molecule has 3 N–H and O–H groups in total. The molecule has 1 aromatic rings. The zero-order valence-electron chi connectivity index (χ0n) is 13.0. The van der Waals surface area contributed by atoms with E-state index in [1.165, 1.54) is 11.1 Å². The van der Waals surface area contributed by atoms with Crippen LogP contribution in [0, 0.1) is 0 Å². The molecule has 0 spiro atoms. The summed E-state index contributed by atoms with van der Waals surface area (Å²) in [6.07, 6.45) is 5.13. The van der Waals surface area contributed by atoms with Crippen LogP contribution in [0.3, 0.4) is 0 Å². The molecular formula is C17H26N2O2. The Kier molecular flexibility index (Phi) is 5.62. The van der Waals surface area contributed by atoms with Crippen LogP contribution in [0.15, 0.2) is 18.2 Å². The first-order chi connectivity index (χ1) is 10.1. The highest BCUT2D eigenvalue weighted by Gasteiger charge is 2.17. The predicted molar refractivity (Wildman–Crippen MR) is 84.3 cm³/mol. The van der Waals surface area contributed by atoms with Gasteiger partial charge in [-0.2, -0.15) is 0 Å². The fourth-order valence-electron chi connectivity index (χ4n) is 2.81. The van der Waals surface area contributed by atoms with Gasteiger partial charge in [0.05, 0.1) is 0 Å². The van der Waals surface area contributed by atoms with Crippen molar-refractivity contribution >= 4 is 5.91 Å². The molecule has 0 aromatic heterocycles. The number of fused-ring (bicyclic) bond motifs is 1. The Morgan fingerprint density at radius 1 is 1.43 bits per heavy atom. The normalized spacial score (nSPS) is 17.4. The molecule has 116 valence electrons. The monoisotopic (exact) mass is 290 g/mol. The second kappa shape index (κ2) is 7.46. The van der Waals surface area contributed by atoms with Crippen LogP contribution in [0.5, 0.6) is 5.75 Å². The van der Waals surface area contributed by atoms with E-state index in [4.69, 9.17) is 10.5 Å². The second-order valence-corrected chi connectivity index (χ2v) is 5.73. The molecule has 0 unspecified atom stereocenters. The minimum Gasteiger partial charge on any atom is -0.484 e. The molecule has 0 saturated heterocycles. The zero-order chi connectivity index (χ0) is 15.2. The zero-order valence-corrected chi connectivity index (χ0v) is 13.0. The Bertz CT molecular complexity index is 484. The molecule has 1 atom stereocenters. The van der Waals surface area contributed by atoms with Gasteiger partial charge in [0.25, 0.3) is 5.91 Å². The summed E-state index contributed by atoms with van der Waals surface area (Å²) in [5, 5.41) is 2.97. The minimum atomic E-state index is -0.0641. The number of rotatable bonds is 6. The van der Waals surface area contributed by atoms with Crippen LogP contribution in [0.4, 0.5) is 0 Å². The van der Waals surface area contributed by atoms with Crippen LogP contribution in [-0.2, 0) is 11.2 Å². The number of benzene rings is 1. The van der Waals surface area contributed by atoms with Gasteiger partial charge < -0.3 is 15.8 Å². The summed E-state index contributed by atoms with van der Waals surface area (Å²) >= 11 is 0. The molecule has 0 heterocycles. The van der Waals surface area contributed by atoms with Gasteiger partial charge in [-0.05, 0) is 55.4 Å². The average Bonchev–Trinajstić information content (AvgIpc) is 2.51. The largest absolute Gasteiger partial charge is 0.484 e. The number of carbonyl (C=O) groups is 1. The molecule has 1 aliphatic rings. The predicted octanol–water partition coefficient (Wildman–Crippen LogP) is 2.71. The Morgan fingerprint density at radius 3 is 2.90 bits per heavy atom. The van der Waals surface area contributed by atoms with Crippen molar-refractivity contribution in [2.24, 2.45) is 5.73 Å². The minimum absolute atomic E-state index is 0.0600. The second-order valence-electron chi connectivity index (χ2n) is 5.73. The van der Waals surface area contributed by atoms with Crippen LogP contribution >= 0.6 is 0 Å². The summed E-state index contributed by atoms with van der Waals surface area (Å²) < 4.78 is 5.60. The lowest BCUT2D eigenvalue weighted by Gasteiger charge is -2.23. The van der Waals surface area contributed by atoms with Crippen molar-refractivity contribution < 1.29 is 9.53 Å². The van der Waals surface area contributed by atoms with Crippen molar-refractivity contribution in [2.45, 2.75) is 58.0 Å². The van der Waals surface area contributed by atoms with Gasteiger partial charge in [-0.25, -0.2) is 0 Å². The molecule has 1 aromatic carbocycles. The third-order valence-electron chi connectivity index (χ3n) is 4.20. The summed E-state index contributed by atoms with van der Waals surface area (Å²) in [5.41, 5.74) is 8.61. The van der Waals surface area contributed by atoms with Gasteiger partial charge in [0.2, 0.25) is 0 Å². The van der Waals surface area contributed by atoms with E-state index in [0.29, 0.717) is 0 Å². The molecule has 2 rings (SSSR count). The highest BCUT2D eigenvalue weighted by molar-refractivity contribution is 5.77. The maximum atomic E-state index is 11.8. The number of ether oxygens (including phenoxy) is 1. The number of aryl methyl sites for hydroxylation is 1. The highest BCUT2D eigenvalue weighted by atomic mass is 16.5. The first kappa shape index (κ1) is 15.8. The van der Waals surface area contributed by atoms with Crippen molar-refractivity contribution in [3.63, 3.8) is 0 Å². The third kappa shape index (κ3) is 4.21. The molecular weight excluding hydrogens is 264 g/mol. The lowest BCUT2D eigenvalue weighted by atomic mass is 9.88. The summed E-state index contributed by atoms with van der Waals surface area (Å²) in [6.45, 7) is 4.20. The maximum absolute atomic E-state index is 11.8. The Hall–Kier alpha value is -1.55. The van der Waals surface area contributed by atoms with Crippen molar-refractivity contribution in [1.82, 2.24) is 5.32 Å². The number of carbonyl (C=O) groups excluding carboxylic acids is 1. The summed E-state index contributed by atoms with van der Waals surface area (Å²) in [4.78, 5) is 11.8. The van der Waals surface area contributed by atoms with E-state index in [1.54, 1.807) is 0 Å². The van der Waals surface area contributed by atoms with Crippen molar-refractivity contribution in [2.75, 3.05) is 6.61 Å². The molecule has 4 nitrogen and oxygen atoms in total. The molecule has 4 heteroatoms. The lowest BCUT2D eigenvalue weighted by Crippen LogP contribution is -2.37. The molecule has 0 fully saturated rings. The third-order valence-corrected chi connectivity index (χ3v) is 4.20. The quantitative estimate of drug-likeness (QED) is 0.846. The van der Waals surface area contributed by atoms with Gasteiger partial charge in [-0.1, -0.05) is 19.9 Å². The van der Waals surface area contributed by atoms with Gasteiger partial charge in [0, 0.05) is 12.1 Å². The average molecular weight is 290 g/mol. The number of hydrogen-bond donors (Lipinski definition) is 2. The number of nitrogens with two attached hydrogens (primary N) is 1. The number of amides is 1. The molecule has 1 aliphatic carbocycles. The van der Waals surface area contributed by atoms with Gasteiger partial charge >= 0.3 is 0 Å². The Balaban J connectivity index is 1.92. The number of hydrogen-bond acceptors (Lipinski definition) is 3. The van der Waals surface area contributed by atoms with E-state index in [1.807, 2.05) is 12.1 Å². The van der Waals surface area contributed by atoms with Gasteiger partial charge in [-0.3, -0.25) is 4.79 Å². The van der Waals surface area contributed by atoms with Crippen LogP contribution in [0.25, 0.3) is 0 Å². The van der Waals surface area contributed by atoms with Gasteiger partial charge in [0.1, 0.15) is 5.75 Å². The first-order valence-electron chi connectivity index (χ1n) is 7.94. The lowest BCUT2D eigenvalue weighted by molar-refractivity contribution is -0.123. The summed E-state index contributed by atoms with van der Waals surface area (Å²) in [5.74, 6) is 0.663.